The summed E-state index contributed by atoms with van der Waals surface area (Å²) in [5.41, 5.74) is 1.64. The molecule has 2 heterocycles. The summed E-state index contributed by atoms with van der Waals surface area (Å²) in [6.45, 7) is 0. The Kier molecular flexibility index (Phi) is 4.87. The van der Waals surface area contributed by atoms with E-state index in [4.69, 9.17) is 4.74 Å². The maximum absolute atomic E-state index is 12.6. The average Bonchev–Trinajstić information content (AvgIpc) is 3.22. The van der Waals surface area contributed by atoms with Gasteiger partial charge in [0.2, 0.25) is 4.96 Å². The van der Waals surface area contributed by atoms with E-state index >= 15 is 0 Å². The molecule has 4 aromatic rings. The van der Waals surface area contributed by atoms with E-state index in [1.807, 2.05) is 60.7 Å². The van der Waals surface area contributed by atoms with Crippen LogP contribution in [0.3, 0.4) is 0 Å². The van der Waals surface area contributed by atoms with Gasteiger partial charge in [-0.2, -0.15) is 9.50 Å². The molecule has 0 aliphatic carbocycles. The Bertz CT molecular complexity index is 1240. The van der Waals surface area contributed by atoms with Crippen molar-refractivity contribution in [2.24, 2.45) is 0 Å². The van der Waals surface area contributed by atoms with E-state index in [1.54, 1.807) is 13.2 Å². The summed E-state index contributed by atoms with van der Waals surface area (Å²) in [5, 5.41) is 4.35. The van der Waals surface area contributed by atoms with Crippen molar-refractivity contribution in [3.8, 4) is 17.1 Å². The highest BCUT2D eigenvalue weighted by Crippen LogP contribution is 2.20. The molecule has 0 radical (unpaired) electrons. The molecule has 27 heavy (non-hydrogen) atoms. The van der Waals surface area contributed by atoms with Crippen LogP contribution in [0.15, 0.2) is 63.9 Å². The molecule has 0 unspecified atom stereocenters. The van der Waals surface area contributed by atoms with Gasteiger partial charge in [-0.25, -0.2) is 0 Å². The van der Waals surface area contributed by atoms with Gasteiger partial charge in [-0.3, -0.25) is 4.79 Å². The van der Waals surface area contributed by atoms with Crippen molar-refractivity contribution in [2.45, 2.75) is 0 Å². The number of allylic oxidation sites excluding steroid dienone is 1. The van der Waals surface area contributed by atoms with E-state index in [2.05, 4.69) is 26.0 Å². The smallest absolute Gasteiger partial charge is 0.291 e. The molecule has 0 aliphatic heterocycles. The molecular formula is C20H14BrN3O2S. The molecular weight excluding hydrogens is 426 g/mol. The monoisotopic (exact) mass is 439 g/mol. The molecule has 0 atom stereocenters. The lowest BCUT2D eigenvalue weighted by atomic mass is 10.2. The molecule has 2 aromatic heterocycles. The molecule has 2 aromatic carbocycles. The Balaban J connectivity index is 1.67. The Morgan fingerprint density at radius 3 is 2.67 bits per heavy atom. The number of rotatable bonds is 4. The maximum Gasteiger partial charge on any atom is 0.291 e. The summed E-state index contributed by atoms with van der Waals surface area (Å²) in [7, 11) is 1.63. The summed E-state index contributed by atoms with van der Waals surface area (Å²) in [5.74, 6) is 1.33. The highest BCUT2D eigenvalue weighted by Gasteiger charge is 2.11. The van der Waals surface area contributed by atoms with Crippen molar-refractivity contribution in [1.29, 1.82) is 0 Å². The number of hydrogen-bond acceptors (Lipinski definition) is 5. The molecule has 0 fully saturated rings. The fraction of sp³-hybridized carbons (Fsp3) is 0.0500. The quantitative estimate of drug-likeness (QED) is 0.485. The van der Waals surface area contributed by atoms with Crippen LogP contribution in [-0.4, -0.2) is 21.7 Å². The fourth-order valence-corrected chi connectivity index (χ4v) is 3.74. The number of thiazole rings is 1. The standard InChI is InChI=1S/C20H14BrN3O2S/c1-26-16-7-3-2-5-13(16)6-4-8-17-19(25)24-20(27-17)22-18(23-24)14-9-11-15(21)12-10-14/h2-12H,1H3. The van der Waals surface area contributed by atoms with Crippen LogP contribution >= 0.6 is 27.3 Å². The fourth-order valence-electron chi connectivity index (χ4n) is 2.61. The van der Waals surface area contributed by atoms with Crippen LogP contribution in [0.4, 0.5) is 0 Å². The third-order valence-corrected chi connectivity index (χ3v) is 5.45. The van der Waals surface area contributed by atoms with Gasteiger partial charge < -0.3 is 4.74 Å². The summed E-state index contributed by atoms with van der Waals surface area (Å²) >= 11 is 4.72. The molecule has 0 bridgehead atoms. The molecule has 134 valence electrons. The number of fused-ring (bicyclic) bond motifs is 1. The zero-order valence-electron chi connectivity index (χ0n) is 14.3. The number of methoxy groups -OCH3 is 1. The first-order valence-electron chi connectivity index (χ1n) is 8.12. The second-order valence-corrected chi connectivity index (χ2v) is 7.60. The average molecular weight is 440 g/mol. The molecule has 0 saturated carbocycles. The minimum atomic E-state index is -0.171. The Labute approximate surface area is 167 Å². The van der Waals surface area contributed by atoms with Gasteiger partial charge in [-0.05, 0) is 24.3 Å². The predicted octanol–water partition coefficient (Wildman–Crippen LogP) is 3.80. The summed E-state index contributed by atoms with van der Waals surface area (Å²) in [4.78, 5) is 17.6. The lowest BCUT2D eigenvalue weighted by molar-refractivity contribution is 0.414. The van der Waals surface area contributed by atoms with Crippen LogP contribution < -0.4 is 14.8 Å². The first-order chi connectivity index (χ1) is 13.2. The zero-order valence-corrected chi connectivity index (χ0v) is 16.7. The third kappa shape index (κ3) is 3.56. The van der Waals surface area contributed by atoms with E-state index in [9.17, 15) is 4.79 Å². The van der Waals surface area contributed by atoms with Crippen LogP contribution in [0.5, 0.6) is 5.75 Å². The highest BCUT2D eigenvalue weighted by atomic mass is 79.9. The number of hydrogen-bond donors (Lipinski definition) is 0. The lowest BCUT2D eigenvalue weighted by Gasteiger charge is -2.02. The van der Waals surface area contributed by atoms with E-state index in [-0.39, 0.29) is 5.56 Å². The summed E-state index contributed by atoms with van der Waals surface area (Å²) < 4.78 is 8.23. The number of benzene rings is 2. The van der Waals surface area contributed by atoms with Gasteiger partial charge in [-0.1, -0.05) is 69.8 Å². The molecule has 5 nitrogen and oxygen atoms in total. The number of para-hydroxylation sites is 1. The normalized spacial score (nSPS) is 12.3. The molecule has 0 N–H and O–H groups in total. The minimum Gasteiger partial charge on any atom is -0.496 e. The number of ether oxygens (including phenoxy) is 1. The molecule has 0 amide bonds. The van der Waals surface area contributed by atoms with Crippen molar-refractivity contribution in [2.75, 3.05) is 7.11 Å². The van der Waals surface area contributed by atoms with Crippen LogP contribution in [0.2, 0.25) is 0 Å². The number of halogens is 1. The SMILES string of the molecule is COc1ccccc1C=CC=c1sc2nc(-c3ccc(Br)cc3)nn2c1=O. The van der Waals surface area contributed by atoms with Crippen molar-refractivity contribution in [3.63, 3.8) is 0 Å². The Morgan fingerprint density at radius 1 is 1.15 bits per heavy atom. The van der Waals surface area contributed by atoms with Gasteiger partial charge >= 0.3 is 0 Å². The van der Waals surface area contributed by atoms with Crippen LogP contribution in [0.1, 0.15) is 5.56 Å². The maximum atomic E-state index is 12.6. The van der Waals surface area contributed by atoms with Crippen molar-refractivity contribution < 1.29 is 4.74 Å². The molecule has 0 aliphatic rings. The third-order valence-electron chi connectivity index (χ3n) is 3.95. The van der Waals surface area contributed by atoms with Crippen LogP contribution in [-0.2, 0) is 0 Å². The first kappa shape index (κ1) is 17.6. The van der Waals surface area contributed by atoms with Gasteiger partial charge in [0.15, 0.2) is 5.82 Å². The van der Waals surface area contributed by atoms with Crippen LogP contribution in [0.25, 0.3) is 28.5 Å². The molecule has 4 rings (SSSR count). The van der Waals surface area contributed by atoms with Gasteiger partial charge in [0, 0.05) is 15.6 Å². The number of nitrogens with zero attached hydrogens (tertiary/aromatic N) is 3. The Morgan fingerprint density at radius 2 is 1.93 bits per heavy atom. The largest absolute Gasteiger partial charge is 0.496 e. The van der Waals surface area contributed by atoms with Crippen LogP contribution in [0, 0.1) is 0 Å². The molecule has 0 spiro atoms. The van der Waals surface area contributed by atoms with E-state index in [0.717, 1.165) is 21.3 Å². The van der Waals surface area contributed by atoms with E-state index in [1.165, 1.54) is 15.9 Å². The zero-order chi connectivity index (χ0) is 18.8. The van der Waals surface area contributed by atoms with E-state index in [0.29, 0.717) is 15.3 Å². The highest BCUT2D eigenvalue weighted by molar-refractivity contribution is 9.10. The van der Waals surface area contributed by atoms with E-state index < -0.39 is 0 Å². The number of aromatic nitrogens is 3. The summed E-state index contributed by atoms with van der Waals surface area (Å²) in [6.07, 6.45) is 5.51. The molecule has 0 saturated heterocycles. The second kappa shape index (κ2) is 7.46. The van der Waals surface area contributed by atoms with Crippen molar-refractivity contribution in [3.05, 3.63) is 79.5 Å². The van der Waals surface area contributed by atoms with Gasteiger partial charge in [0.25, 0.3) is 5.56 Å². The van der Waals surface area contributed by atoms with Crippen molar-refractivity contribution in [1.82, 2.24) is 14.6 Å². The van der Waals surface area contributed by atoms with Crippen molar-refractivity contribution >= 4 is 44.4 Å². The summed E-state index contributed by atoms with van der Waals surface area (Å²) in [6, 6.07) is 15.4. The Hall–Kier alpha value is -2.77. The second-order valence-electron chi connectivity index (χ2n) is 5.68. The topological polar surface area (TPSA) is 56.5 Å². The first-order valence-corrected chi connectivity index (χ1v) is 9.73. The van der Waals surface area contributed by atoms with Gasteiger partial charge in [0.1, 0.15) is 5.75 Å². The predicted molar refractivity (Wildman–Crippen MR) is 112 cm³/mol. The molecule has 7 heteroatoms. The van der Waals surface area contributed by atoms with Gasteiger partial charge in [-0.15, -0.1) is 5.10 Å². The van der Waals surface area contributed by atoms with Gasteiger partial charge in [0.05, 0.1) is 11.6 Å². The minimum absolute atomic E-state index is 0.171. The lowest BCUT2D eigenvalue weighted by Crippen LogP contribution is -2.23.